The van der Waals surface area contributed by atoms with Gasteiger partial charge < -0.3 is 10.6 Å². The number of hydrogen-bond donors (Lipinski definition) is 2. The van der Waals surface area contributed by atoms with Crippen molar-refractivity contribution in [3.63, 3.8) is 0 Å². The van der Waals surface area contributed by atoms with E-state index in [0.717, 1.165) is 50.9 Å². The average molecular weight is 534 g/mol. The molecule has 38 heavy (non-hydrogen) atoms. The molecule has 3 aliphatic rings. The predicted molar refractivity (Wildman–Crippen MR) is 165 cm³/mol. The van der Waals surface area contributed by atoms with Gasteiger partial charge in [0.25, 0.3) is 0 Å². The van der Waals surface area contributed by atoms with Crippen molar-refractivity contribution in [2.45, 2.75) is 103 Å². The van der Waals surface area contributed by atoms with Gasteiger partial charge in [-0.3, -0.25) is 20.0 Å². The van der Waals surface area contributed by atoms with E-state index in [-0.39, 0.29) is 18.1 Å². The summed E-state index contributed by atoms with van der Waals surface area (Å²) in [4.78, 5) is 24.3. The van der Waals surface area contributed by atoms with Crippen molar-refractivity contribution in [1.29, 1.82) is 0 Å². The van der Waals surface area contributed by atoms with E-state index in [9.17, 15) is 0 Å². The number of nitrogens with one attached hydrogen (secondary N) is 2. The molecule has 2 fully saturated rings. The van der Waals surface area contributed by atoms with Crippen LogP contribution in [0.4, 0.5) is 5.69 Å². The summed E-state index contributed by atoms with van der Waals surface area (Å²) in [5, 5.41) is 10.1. The zero-order valence-electron chi connectivity index (χ0n) is 23.4. The molecule has 5 atom stereocenters. The molecule has 2 saturated heterocycles. The summed E-state index contributed by atoms with van der Waals surface area (Å²) >= 11 is 4.75. The second-order valence-electron chi connectivity index (χ2n) is 10.9. The fourth-order valence-corrected chi connectivity index (χ4v) is 5.89. The third kappa shape index (κ3) is 8.06. The number of hydrogen-bond acceptors (Lipinski definition) is 8. The Morgan fingerprint density at radius 1 is 0.763 bits per heavy atom. The normalized spacial score (nSPS) is 29.4. The first kappa shape index (κ1) is 28.6. The summed E-state index contributed by atoms with van der Waals surface area (Å²) < 4.78 is 0. The van der Waals surface area contributed by atoms with Gasteiger partial charge >= 0.3 is 0 Å². The van der Waals surface area contributed by atoms with Crippen molar-refractivity contribution in [1.82, 2.24) is 10.6 Å². The molecule has 8 heteroatoms. The Kier molecular flexibility index (Phi) is 10.6. The van der Waals surface area contributed by atoms with Crippen LogP contribution in [0.1, 0.15) is 71.8 Å². The minimum absolute atomic E-state index is 0.0725. The van der Waals surface area contributed by atoms with Crippen LogP contribution in [-0.4, -0.2) is 77.9 Å². The highest BCUT2D eigenvalue weighted by Crippen LogP contribution is 2.19. The maximum absolute atomic E-state index is 5.28. The number of isothiocyanates is 1. The highest BCUT2D eigenvalue weighted by Gasteiger charge is 2.27. The van der Waals surface area contributed by atoms with Crippen molar-refractivity contribution >= 4 is 45.9 Å². The van der Waals surface area contributed by atoms with E-state index in [1.165, 1.54) is 41.3 Å². The molecule has 0 radical (unpaired) electrons. The van der Waals surface area contributed by atoms with Crippen LogP contribution in [0.15, 0.2) is 49.2 Å². The smallest absolute Gasteiger partial charge is 0.0739 e. The summed E-state index contributed by atoms with van der Waals surface area (Å²) in [5.41, 5.74) is 6.76. The SMILES string of the molecule is CC1=NCCN=C(C)C2CCCC(N2)C(C)=NC(Cc2ccc(N=C=S)cc2)CN=C(C)C2CCCC1N2. The number of fused-ring (bicyclic) bond motifs is 4. The predicted octanol–water partition coefficient (Wildman–Crippen LogP) is 5.21. The molecule has 7 nitrogen and oxygen atoms in total. The maximum Gasteiger partial charge on any atom is 0.0739 e. The van der Waals surface area contributed by atoms with Crippen LogP contribution in [-0.2, 0) is 6.42 Å². The first-order chi connectivity index (χ1) is 18.4. The van der Waals surface area contributed by atoms with Crippen molar-refractivity contribution in [3.05, 3.63) is 29.8 Å². The quantitative estimate of drug-likeness (QED) is 0.413. The van der Waals surface area contributed by atoms with Crippen LogP contribution in [0.5, 0.6) is 0 Å². The van der Waals surface area contributed by atoms with Gasteiger partial charge in [-0.05, 0) is 103 Å². The standard InChI is InChI=1S/C30H43N7S/c1-20-27-7-5-9-29(36-27)22(3)33-18-26(17-24-11-13-25(14-12-24)34-19-38)35-23(4)30-10-6-8-28(37-30)21(2)32-16-15-31-20/h11-14,26-30,36-37H,5-10,15-18H2,1-4H3. The molecule has 0 aromatic heterocycles. The minimum atomic E-state index is 0.0725. The number of rotatable bonds is 3. The Labute approximate surface area is 233 Å². The second kappa shape index (κ2) is 14.1. The third-order valence-electron chi connectivity index (χ3n) is 8.14. The van der Waals surface area contributed by atoms with Gasteiger partial charge in [-0.2, -0.15) is 4.99 Å². The third-order valence-corrected chi connectivity index (χ3v) is 8.23. The fourth-order valence-electron chi connectivity index (χ4n) is 5.78. The molecule has 4 bridgehead atoms. The topological polar surface area (TPSA) is 85.9 Å². The van der Waals surface area contributed by atoms with Crippen LogP contribution in [0.2, 0.25) is 0 Å². The van der Waals surface area contributed by atoms with Crippen molar-refractivity contribution in [2.24, 2.45) is 25.0 Å². The van der Waals surface area contributed by atoms with E-state index in [4.69, 9.17) is 32.2 Å². The lowest BCUT2D eigenvalue weighted by Gasteiger charge is -2.32. The Bertz CT molecular complexity index is 1110. The fraction of sp³-hybridized carbons (Fsp3) is 0.633. The zero-order chi connectivity index (χ0) is 26.9. The van der Waals surface area contributed by atoms with Gasteiger partial charge in [0, 0.05) is 47.0 Å². The molecule has 1 aromatic rings. The lowest BCUT2D eigenvalue weighted by atomic mass is 9.93. The van der Waals surface area contributed by atoms with Crippen molar-refractivity contribution < 1.29 is 0 Å². The van der Waals surface area contributed by atoms with Crippen LogP contribution in [0.25, 0.3) is 0 Å². The Morgan fingerprint density at radius 2 is 1.26 bits per heavy atom. The van der Waals surface area contributed by atoms with E-state index in [1.807, 2.05) is 12.1 Å². The lowest BCUT2D eigenvalue weighted by Crippen LogP contribution is -2.50. The number of benzene rings is 1. The largest absolute Gasteiger partial charge is 0.301 e. The Morgan fingerprint density at radius 3 is 1.79 bits per heavy atom. The van der Waals surface area contributed by atoms with Crippen LogP contribution < -0.4 is 10.6 Å². The molecule has 3 aliphatic heterocycles. The van der Waals surface area contributed by atoms with Gasteiger partial charge in [-0.15, -0.1) is 0 Å². The van der Waals surface area contributed by atoms with Crippen LogP contribution in [0, 0.1) is 0 Å². The highest BCUT2D eigenvalue weighted by atomic mass is 32.1. The van der Waals surface area contributed by atoms with Gasteiger partial charge in [0.2, 0.25) is 0 Å². The zero-order valence-corrected chi connectivity index (χ0v) is 24.2. The van der Waals surface area contributed by atoms with Crippen molar-refractivity contribution in [3.8, 4) is 0 Å². The molecule has 204 valence electrons. The highest BCUT2D eigenvalue weighted by molar-refractivity contribution is 7.78. The molecule has 2 N–H and O–H groups in total. The molecule has 0 saturated carbocycles. The summed E-state index contributed by atoms with van der Waals surface area (Å²) in [6, 6.07) is 9.46. The lowest BCUT2D eigenvalue weighted by molar-refractivity contribution is 0.423. The monoisotopic (exact) mass is 533 g/mol. The summed E-state index contributed by atoms with van der Waals surface area (Å²) in [6.45, 7) is 10.8. The molecule has 0 aliphatic carbocycles. The summed E-state index contributed by atoms with van der Waals surface area (Å²) in [7, 11) is 0. The molecular weight excluding hydrogens is 490 g/mol. The number of piperidine rings is 2. The van der Waals surface area contributed by atoms with Gasteiger partial charge in [0.05, 0.1) is 36.5 Å². The first-order valence-electron chi connectivity index (χ1n) is 14.2. The maximum atomic E-state index is 5.28. The number of nitrogens with zero attached hydrogens (tertiary/aromatic N) is 5. The molecule has 4 rings (SSSR count). The van der Waals surface area contributed by atoms with Crippen LogP contribution >= 0.6 is 12.2 Å². The van der Waals surface area contributed by atoms with Gasteiger partial charge in [-0.25, -0.2) is 0 Å². The molecule has 1 aromatic carbocycles. The Hall–Kier alpha value is -2.38. The summed E-state index contributed by atoms with van der Waals surface area (Å²) in [5.74, 6) is 0. The molecule has 3 heterocycles. The van der Waals surface area contributed by atoms with E-state index >= 15 is 0 Å². The Balaban J connectivity index is 1.61. The first-order valence-corrected chi connectivity index (χ1v) is 14.6. The van der Waals surface area contributed by atoms with Crippen molar-refractivity contribution in [2.75, 3.05) is 19.6 Å². The van der Waals surface area contributed by atoms with Gasteiger partial charge in [0.15, 0.2) is 0 Å². The molecule has 5 unspecified atom stereocenters. The van der Waals surface area contributed by atoms with Crippen LogP contribution in [0.3, 0.4) is 0 Å². The van der Waals surface area contributed by atoms with Gasteiger partial charge in [-0.1, -0.05) is 12.1 Å². The van der Waals surface area contributed by atoms with E-state index in [2.05, 4.69) is 60.6 Å². The number of thiocarbonyl (C=S) groups is 1. The molecular formula is C30H43N7S. The summed E-state index contributed by atoms with van der Waals surface area (Å²) in [6.07, 6.45) is 7.67. The average Bonchev–Trinajstić information content (AvgIpc) is 2.94. The van der Waals surface area contributed by atoms with E-state index in [0.29, 0.717) is 18.6 Å². The van der Waals surface area contributed by atoms with E-state index < -0.39 is 0 Å². The number of aliphatic imine (C=N–C) groups is 5. The molecule has 0 spiro atoms. The minimum Gasteiger partial charge on any atom is -0.301 e. The van der Waals surface area contributed by atoms with Gasteiger partial charge in [0.1, 0.15) is 0 Å². The van der Waals surface area contributed by atoms with E-state index in [1.54, 1.807) is 0 Å². The molecule has 0 amide bonds. The second-order valence-corrected chi connectivity index (χ2v) is 11.1.